The quantitative estimate of drug-likeness (QED) is 0.119. The third kappa shape index (κ3) is 11.6. The van der Waals surface area contributed by atoms with Gasteiger partial charge in [-0.1, -0.05) is 297 Å². The summed E-state index contributed by atoms with van der Waals surface area (Å²) < 4.78 is 17.2. The molecule has 10 nitrogen and oxygen atoms in total. The molecule has 0 unspecified atom stereocenters. The number of hydrogen-bond donors (Lipinski definition) is 0. The first kappa shape index (κ1) is 65.1. The molecule has 0 aliphatic rings. The average molecular weight is 1430 g/mol. The highest BCUT2D eigenvalue weighted by Crippen LogP contribution is 2.44. The summed E-state index contributed by atoms with van der Waals surface area (Å²) in [5.74, 6) is 3.84. The second-order valence-electron chi connectivity index (χ2n) is 28.0. The van der Waals surface area contributed by atoms with Crippen molar-refractivity contribution < 1.29 is 8.83 Å². The van der Waals surface area contributed by atoms with Crippen molar-refractivity contribution in [1.29, 1.82) is 0 Å². The highest BCUT2D eigenvalue weighted by atomic mass is 16.3. The number of furan rings is 2. The number of benzene rings is 16. The van der Waals surface area contributed by atoms with E-state index in [1.165, 1.54) is 32.6 Å². The van der Waals surface area contributed by atoms with Crippen LogP contribution in [-0.4, -0.2) is 39.0 Å². The van der Waals surface area contributed by atoms with Crippen LogP contribution in [0.1, 0.15) is 0 Å². The van der Waals surface area contributed by atoms with Gasteiger partial charge in [-0.15, -0.1) is 0 Å². The Hall–Kier alpha value is -15.3. The molecule has 16 aromatic carbocycles. The zero-order valence-corrected chi connectivity index (χ0v) is 60.3. The third-order valence-corrected chi connectivity index (χ3v) is 21.3. The van der Waals surface area contributed by atoms with Crippen molar-refractivity contribution in [2.24, 2.45) is 0 Å². The summed E-state index contributed by atoms with van der Waals surface area (Å²) in [6.07, 6.45) is 0. The number of rotatable bonds is 12. The van der Waals surface area contributed by atoms with E-state index in [2.05, 4.69) is 246 Å². The summed E-state index contributed by atoms with van der Waals surface area (Å²) in [5, 5.41) is 9.37. The van der Waals surface area contributed by atoms with Crippen LogP contribution in [0.15, 0.2) is 397 Å². The van der Waals surface area contributed by atoms with E-state index in [0.717, 1.165) is 144 Å². The Morgan fingerprint density at radius 3 is 1.00 bits per heavy atom. The minimum atomic E-state index is 0.628. The van der Waals surface area contributed by atoms with Crippen molar-refractivity contribution in [2.45, 2.75) is 0 Å². The Kier molecular flexibility index (Phi) is 16.0. The Morgan fingerprint density at radius 2 is 0.500 bits per heavy atom. The molecule has 112 heavy (non-hydrogen) atoms. The first-order valence-corrected chi connectivity index (χ1v) is 37.5. The average Bonchev–Trinajstić information content (AvgIpc) is 1.58. The van der Waals surface area contributed by atoms with Gasteiger partial charge in [0.2, 0.25) is 0 Å². The van der Waals surface area contributed by atoms with Crippen molar-refractivity contribution in [1.82, 2.24) is 39.0 Å². The van der Waals surface area contributed by atoms with Crippen LogP contribution in [0.3, 0.4) is 0 Å². The van der Waals surface area contributed by atoms with Gasteiger partial charge in [-0.25, -0.2) is 29.9 Å². The van der Waals surface area contributed by atoms with E-state index in [4.69, 9.17) is 38.7 Å². The minimum absolute atomic E-state index is 0.628. The van der Waals surface area contributed by atoms with Crippen LogP contribution in [0.4, 0.5) is 0 Å². The van der Waals surface area contributed by atoms with Gasteiger partial charge in [0.25, 0.3) is 0 Å². The smallest absolute Gasteiger partial charge is 0.164 e. The summed E-state index contributed by atoms with van der Waals surface area (Å²) in [4.78, 5) is 29.9. The highest BCUT2D eigenvalue weighted by Gasteiger charge is 2.23. The first-order chi connectivity index (χ1) is 55.5. The van der Waals surface area contributed by atoms with Crippen molar-refractivity contribution in [2.75, 3.05) is 0 Å². The molecule has 0 aliphatic carbocycles. The van der Waals surface area contributed by atoms with Crippen molar-refractivity contribution in [3.8, 4) is 124 Å². The minimum Gasteiger partial charge on any atom is -0.456 e. The number of para-hydroxylation sites is 4. The SMILES string of the molecule is c1ccc(-c2nc(-c3ccccc3)nc(-c3cccc(-c4ccc(-n5c6ccccc6c6cc(-c7cccc8oc9ccccc9c78)ccc65)cc4)c3)n2)cc1.c1ccc(-c2nc(-c3ccccc3)nc(-c3ccccc3-c3cccc(-n4c5ccccc5c5cc(-c6cccc7oc8ccccc8c67)ccc54)c3)n2)cc1. The number of hydrogen-bond acceptors (Lipinski definition) is 8. The summed E-state index contributed by atoms with van der Waals surface area (Å²) in [7, 11) is 0. The molecular weight excluding hydrogens is 1370 g/mol. The van der Waals surface area contributed by atoms with E-state index >= 15 is 0 Å². The van der Waals surface area contributed by atoms with E-state index in [9.17, 15) is 0 Å². The van der Waals surface area contributed by atoms with Crippen LogP contribution in [0.25, 0.3) is 212 Å². The van der Waals surface area contributed by atoms with Crippen LogP contribution in [0, 0.1) is 0 Å². The van der Waals surface area contributed by atoms with Gasteiger partial charge >= 0.3 is 0 Å². The first-order valence-electron chi connectivity index (χ1n) is 37.5. The molecule has 0 bridgehead atoms. The Morgan fingerprint density at radius 1 is 0.170 bits per heavy atom. The summed E-state index contributed by atoms with van der Waals surface area (Å²) in [6.45, 7) is 0. The Labute approximate surface area is 643 Å². The maximum absolute atomic E-state index is 6.26. The van der Waals surface area contributed by atoms with E-state index < -0.39 is 0 Å². The van der Waals surface area contributed by atoms with Crippen LogP contribution in [-0.2, 0) is 0 Å². The molecule has 6 aromatic heterocycles. The lowest BCUT2D eigenvalue weighted by Gasteiger charge is -2.14. The summed E-state index contributed by atoms with van der Waals surface area (Å²) >= 11 is 0. The molecule has 0 N–H and O–H groups in total. The van der Waals surface area contributed by atoms with Gasteiger partial charge < -0.3 is 18.0 Å². The van der Waals surface area contributed by atoms with Gasteiger partial charge in [0.15, 0.2) is 34.9 Å². The van der Waals surface area contributed by atoms with Crippen LogP contribution < -0.4 is 0 Å². The molecule has 0 saturated carbocycles. The summed E-state index contributed by atoms with van der Waals surface area (Å²) in [6, 6.07) is 135. The molecule has 22 aromatic rings. The molecular formula is C102H64N8O2. The largest absolute Gasteiger partial charge is 0.456 e. The molecule has 0 saturated heterocycles. The maximum atomic E-state index is 6.26. The molecule has 22 rings (SSSR count). The van der Waals surface area contributed by atoms with Crippen LogP contribution in [0.2, 0.25) is 0 Å². The molecule has 6 heterocycles. The normalized spacial score (nSPS) is 11.6. The fraction of sp³-hybridized carbons (Fsp3) is 0. The number of fused-ring (bicyclic) bond motifs is 12. The second-order valence-corrected chi connectivity index (χ2v) is 28.0. The van der Waals surface area contributed by atoms with Gasteiger partial charge in [-0.3, -0.25) is 0 Å². The molecule has 0 aliphatic heterocycles. The lowest BCUT2D eigenvalue weighted by atomic mass is 9.98. The van der Waals surface area contributed by atoms with E-state index in [1.807, 2.05) is 152 Å². The molecule has 0 radical (unpaired) electrons. The molecule has 0 amide bonds. The molecule has 0 fully saturated rings. The Bertz CT molecular complexity index is 7260. The van der Waals surface area contributed by atoms with Crippen molar-refractivity contribution in [3.63, 3.8) is 0 Å². The van der Waals surface area contributed by atoms with Gasteiger partial charge in [-0.2, -0.15) is 0 Å². The monoisotopic (exact) mass is 1430 g/mol. The van der Waals surface area contributed by atoms with Crippen molar-refractivity contribution in [3.05, 3.63) is 388 Å². The predicted octanol–water partition coefficient (Wildman–Crippen LogP) is 26.4. The lowest BCUT2D eigenvalue weighted by Crippen LogP contribution is -2.01. The van der Waals surface area contributed by atoms with Gasteiger partial charge in [0.05, 0.1) is 22.1 Å². The summed E-state index contributed by atoms with van der Waals surface area (Å²) in [5.41, 5.74) is 25.0. The zero-order chi connectivity index (χ0) is 74.0. The standard InChI is InChI=1S/2C51H32N4O/c1-3-13-34(14-4-1)49-52-50(35-15-5-2-6-16-35)54-51(53-49)38-18-11-17-36(31-38)33-25-28-39(29-26-33)55-44-22-9-7-19-41(44)43-32-37(27-30-45(43)55)40-21-12-24-47-48(40)42-20-8-10-23-46(42)56-47;1-3-15-33(16-4-1)49-52-50(34-17-5-2-6-18-34)54-51(53-49)41-23-8-7-21-38(41)35-19-13-20-37(31-35)55-44-26-11-9-22-40(44)43-32-36(29-30-45(43)55)39-25-14-28-47-48(39)42-24-10-12-27-46(42)56-47/h2*1-32H. The maximum Gasteiger partial charge on any atom is 0.164 e. The lowest BCUT2D eigenvalue weighted by molar-refractivity contribution is 0.668. The van der Waals surface area contributed by atoms with E-state index in [0.29, 0.717) is 34.9 Å². The van der Waals surface area contributed by atoms with E-state index in [1.54, 1.807) is 0 Å². The highest BCUT2D eigenvalue weighted by molar-refractivity contribution is 6.17. The molecule has 0 spiro atoms. The fourth-order valence-corrected chi connectivity index (χ4v) is 16.1. The molecule has 10 heteroatoms. The second kappa shape index (κ2) is 27.5. The Balaban J connectivity index is 0.000000141. The fourth-order valence-electron chi connectivity index (χ4n) is 16.1. The molecule has 524 valence electrons. The van der Waals surface area contributed by atoms with Gasteiger partial charge in [0.1, 0.15) is 22.3 Å². The number of aromatic nitrogens is 8. The van der Waals surface area contributed by atoms with Crippen LogP contribution in [0.5, 0.6) is 0 Å². The topological polar surface area (TPSA) is 113 Å². The number of nitrogens with zero attached hydrogens (tertiary/aromatic N) is 8. The van der Waals surface area contributed by atoms with Crippen LogP contribution >= 0.6 is 0 Å². The van der Waals surface area contributed by atoms with Crippen molar-refractivity contribution >= 4 is 87.5 Å². The zero-order valence-electron chi connectivity index (χ0n) is 60.3. The van der Waals surface area contributed by atoms with E-state index in [-0.39, 0.29) is 0 Å². The third-order valence-electron chi connectivity index (χ3n) is 21.3. The molecule has 0 atom stereocenters. The predicted molar refractivity (Wildman–Crippen MR) is 457 cm³/mol. The van der Waals surface area contributed by atoms with Gasteiger partial charge in [0, 0.05) is 87.8 Å². The van der Waals surface area contributed by atoms with Gasteiger partial charge in [-0.05, 0) is 136 Å².